The van der Waals surface area contributed by atoms with Crippen LogP contribution in [0.4, 0.5) is 0 Å². The summed E-state index contributed by atoms with van der Waals surface area (Å²) >= 11 is 0. The van der Waals surface area contributed by atoms with Crippen LogP contribution in [0.1, 0.15) is 34.1 Å². The van der Waals surface area contributed by atoms with Crippen molar-refractivity contribution < 1.29 is 28.9 Å². The van der Waals surface area contributed by atoms with Gasteiger partial charge in [0, 0.05) is 6.42 Å². The monoisotopic (exact) mass is 356 g/mol. The molecule has 2 aromatic carbocycles. The van der Waals surface area contributed by atoms with Gasteiger partial charge in [-0.25, -0.2) is 9.59 Å². The van der Waals surface area contributed by atoms with Crippen LogP contribution >= 0.6 is 0 Å². The van der Waals surface area contributed by atoms with Crippen LogP contribution in [0.3, 0.4) is 0 Å². The Morgan fingerprint density at radius 2 is 1.42 bits per heavy atom. The van der Waals surface area contributed by atoms with E-state index in [2.05, 4.69) is 0 Å². The molecule has 0 aliphatic carbocycles. The Labute approximate surface area is 151 Å². The van der Waals surface area contributed by atoms with Crippen LogP contribution in [0, 0.1) is 0 Å². The van der Waals surface area contributed by atoms with Gasteiger partial charge in [0.2, 0.25) is 0 Å². The molecule has 1 aliphatic rings. The molecule has 1 N–H and O–H groups in total. The second-order valence-electron chi connectivity index (χ2n) is 6.08. The van der Waals surface area contributed by atoms with E-state index in [1.807, 2.05) is 0 Å². The first-order chi connectivity index (χ1) is 12.5. The second-order valence-corrected chi connectivity index (χ2v) is 6.08. The Morgan fingerprint density at radius 1 is 0.923 bits per heavy atom. The lowest BCUT2D eigenvalue weighted by Crippen LogP contribution is -2.51. The first-order valence-corrected chi connectivity index (χ1v) is 8.40. The lowest BCUT2D eigenvalue weighted by Gasteiger charge is -2.37. The van der Waals surface area contributed by atoms with Crippen molar-refractivity contribution in [3.8, 4) is 0 Å². The number of esters is 2. The van der Waals surface area contributed by atoms with E-state index < -0.39 is 36.5 Å². The number of hydrogen-bond acceptors (Lipinski definition) is 6. The maximum absolute atomic E-state index is 12.4. The molecule has 0 amide bonds. The van der Waals surface area contributed by atoms with Crippen LogP contribution in [0.2, 0.25) is 0 Å². The standard InChI is InChI=1S/C20H20O6/c1-13-18(26-20(23)15-10-6-3-7-11-15)16(12-17(21)24-13)25-19(22)14-8-4-2-5-9-14/h2-11,13,16-18,21H,12H2,1H3/t13-,16-,17-,18-/m1/s1. The molecule has 0 unspecified atom stereocenters. The van der Waals surface area contributed by atoms with Crippen molar-refractivity contribution in [2.45, 2.75) is 37.9 Å². The van der Waals surface area contributed by atoms with Crippen molar-refractivity contribution in [3.05, 3.63) is 71.8 Å². The van der Waals surface area contributed by atoms with Crippen molar-refractivity contribution in [2.24, 2.45) is 0 Å². The average molecular weight is 356 g/mol. The summed E-state index contributed by atoms with van der Waals surface area (Å²) in [4.78, 5) is 24.7. The molecule has 2 aromatic rings. The molecule has 0 saturated carbocycles. The largest absolute Gasteiger partial charge is 0.455 e. The van der Waals surface area contributed by atoms with Gasteiger partial charge in [0.1, 0.15) is 6.10 Å². The van der Waals surface area contributed by atoms with E-state index in [4.69, 9.17) is 14.2 Å². The van der Waals surface area contributed by atoms with Crippen LogP contribution in [-0.4, -0.2) is 41.6 Å². The summed E-state index contributed by atoms with van der Waals surface area (Å²) in [5.74, 6) is -1.08. The summed E-state index contributed by atoms with van der Waals surface area (Å²) < 4.78 is 16.4. The van der Waals surface area contributed by atoms with E-state index in [1.54, 1.807) is 67.6 Å². The number of aliphatic hydroxyl groups excluding tert-OH is 1. The molecular weight excluding hydrogens is 336 g/mol. The minimum atomic E-state index is -1.09. The number of benzene rings is 2. The second kappa shape index (κ2) is 8.12. The lowest BCUT2D eigenvalue weighted by atomic mass is 10.0. The Balaban J connectivity index is 1.74. The van der Waals surface area contributed by atoms with E-state index in [9.17, 15) is 14.7 Å². The van der Waals surface area contributed by atoms with Gasteiger partial charge in [-0.05, 0) is 31.2 Å². The zero-order chi connectivity index (χ0) is 18.5. The van der Waals surface area contributed by atoms with Crippen LogP contribution in [0.5, 0.6) is 0 Å². The third kappa shape index (κ3) is 4.28. The van der Waals surface area contributed by atoms with E-state index in [-0.39, 0.29) is 6.42 Å². The smallest absolute Gasteiger partial charge is 0.338 e. The molecule has 136 valence electrons. The fourth-order valence-corrected chi connectivity index (χ4v) is 2.85. The van der Waals surface area contributed by atoms with Gasteiger partial charge in [0.25, 0.3) is 0 Å². The van der Waals surface area contributed by atoms with Gasteiger partial charge in [0.05, 0.1) is 17.2 Å². The van der Waals surface area contributed by atoms with Gasteiger partial charge in [-0.15, -0.1) is 0 Å². The lowest BCUT2D eigenvalue weighted by molar-refractivity contribution is -0.226. The van der Waals surface area contributed by atoms with Gasteiger partial charge in [-0.2, -0.15) is 0 Å². The Kier molecular flexibility index (Phi) is 5.65. The van der Waals surface area contributed by atoms with E-state index in [0.717, 1.165) is 0 Å². The molecule has 4 atom stereocenters. The highest BCUT2D eigenvalue weighted by molar-refractivity contribution is 5.90. The molecule has 26 heavy (non-hydrogen) atoms. The van der Waals surface area contributed by atoms with Gasteiger partial charge in [0.15, 0.2) is 12.4 Å². The van der Waals surface area contributed by atoms with Crippen LogP contribution < -0.4 is 0 Å². The topological polar surface area (TPSA) is 82.1 Å². The molecule has 1 heterocycles. The minimum absolute atomic E-state index is 0.0235. The van der Waals surface area contributed by atoms with Crippen LogP contribution in [0.15, 0.2) is 60.7 Å². The van der Waals surface area contributed by atoms with Crippen LogP contribution in [0.25, 0.3) is 0 Å². The van der Waals surface area contributed by atoms with E-state index >= 15 is 0 Å². The van der Waals surface area contributed by atoms with Gasteiger partial charge >= 0.3 is 11.9 Å². The number of aliphatic hydroxyl groups is 1. The highest BCUT2D eigenvalue weighted by Crippen LogP contribution is 2.26. The highest BCUT2D eigenvalue weighted by atomic mass is 16.7. The normalized spacial score (nSPS) is 25.3. The molecular formula is C20H20O6. The first-order valence-electron chi connectivity index (χ1n) is 8.40. The highest BCUT2D eigenvalue weighted by Gasteiger charge is 2.41. The zero-order valence-corrected chi connectivity index (χ0v) is 14.3. The maximum Gasteiger partial charge on any atom is 0.338 e. The number of ether oxygens (including phenoxy) is 3. The fraction of sp³-hybridized carbons (Fsp3) is 0.300. The quantitative estimate of drug-likeness (QED) is 0.848. The van der Waals surface area contributed by atoms with Crippen molar-refractivity contribution in [1.82, 2.24) is 0 Å². The number of carbonyl (C=O) groups is 2. The molecule has 6 heteroatoms. The third-order valence-corrected chi connectivity index (χ3v) is 4.16. The van der Waals surface area contributed by atoms with Gasteiger partial charge in [-0.1, -0.05) is 36.4 Å². The molecule has 0 spiro atoms. The fourth-order valence-electron chi connectivity index (χ4n) is 2.85. The maximum atomic E-state index is 12.4. The minimum Gasteiger partial charge on any atom is -0.455 e. The first kappa shape index (κ1) is 18.1. The van der Waals surface area contributed by atoms with Crippen molar-refractivity contribution in [2.75, 3.05) is 0 Å². The molecule has 1 saturated heterocycles. The number of rotatable bonds is 4. The van der Waals surface area contributed by atoms with Crippen LogP contribution in [-0.2, 0) is 14.2 Å². The summed E-state index contributed by atoms with van der Waals surface area (Å²) in [6, 6.07) is 17.0. The van der Waals surface area contributed by atoms with E-state index in [0.29, 0.717) is 11.1 Å². The molecule has 0 bridgehead atoms. The summed E-state index contributed by atoms with van der Waals surface area (Å²) in [5, 5.41) is 9.85. The molecule has 0 radical (unpaired) electrons. The summed E-state index contributed by atoms with van der Waals surface area (Å²) in [6.45, 7) is 1.66. The van der Waals surface area contributed by atoms with Crippen molar-refractivity contribution >= 4 is 11.9 Å². The Bertz CT molecular complexity index is 745. The zero-order valence-electron chi connectivity index (χ0n) is 14.3. The number of hydrogen-bond donors (Lipinski definition) is 1. The Morgan fingerprint density at radius 3 is 1.96 bits per heavy atom. The number of carbonyl (C=O) groups excluding carboxylic acids is 2. The van der Waals surface area contributed by atoms with Gasteiger partial charge < -0.3 is 19.3 Å². The van der Waals surface area contributed by atoms with Crippen molar-refractivity contribution in [3.63, 3.8) is 0 Å². The molecule has 0 aromatic heterocycles. The predicted octanol–water partition coefficient (Wildman–Crippen LogP) is 2.56. The molecule has 6 nitrogen and oxygen atoms in total. The predicted molar refractivity (Wildman–Crippen MR) is 92.5 cm³/mol. The molecule has 3 rings (SSSR count). The molecule has 1 aliphatic heterocycles. The summed E-state index contributed by atoms with van der Waals surface area (Å²) in [6.07, 6.45) is -3.33. The average Bonchev–Trinajstić information content (AvgIpc) is 2.65. The Hall–Kier alpha value is -2.70. The van der Waals surface area contributed by atoms with Gasteiger partial charge in [-0.3, -0.25) is 0 Å². The third-order valence-electron chi connectivity index (χ3n) is 4.16. The van der Waals surface area contributed by atoms with E-state index in [1.165, 1.54) is 0 Å². The summed E-state index contributed by atoms with van der Waals surface area (Å²) in [5.41, 5.74) is 0.772. The van der Waals surface area contributed by atoms with Crippen molar-refractivity contribution in [1.29, 1.82) is 0 Å². The molecule has 1 fully saturated rings. The SMILES string of the molecule is C[C@H]1O[C@@H](O)C[C@@H](OC(=O)c2ccccc2)[C@@H]1OC(=O)c1ccccc1. The summed E-state index contributed by atoms with van der Waals surface area (Å²) in [7, 11) is 0.